The van der Waals surface area contributed by atoms with E-state index in [0.717, 1.165) is 18.7 Å². The molecule has 1 unspecified atom stereocenters. The second-order valence-corrected chi connectivity index (χ2v) is 6.14. The molecular weight excluding hydrogens is 216 g/mol. The van der Waals surface area contributed by atoms with Crippen LogP contribution in [-0.4, -0.2) is 27.2 Å². The molecule has 4 nitrogen and oxygen atoms in total. The van der Waals surface area contributed by atoms with Crippen LogP contribution in [0.5, 0.6) is 0 Å². The largest absolute Gasteiger partial charge is 0.309 e. The second kappa shape index (κ2) is 4.46. The van der Waals surface area contributed by atoms with Crippen LogP contribution in [0.1, 0.15) is 31.0 Å². The van der Waals surface area contributed by atoms with Gasteiger partial charge in [0.25, 0.3) is 0 Å². The third-order valence-corrected chi connectivity index (χ3v) is 3.59. The minimum atomic E-state index is -0.264. The predicted octanol–water partition coefficient (Wildman–Crippen LogP) is 0.566. The standard InChI is InChI=1S/C8H14N4S2/c1-14(13)12-6-8(10-11-12)7-4-2-3-5-9-7/h6-7,9H,2-5H2,1H3/t7-,14?/m0/s1. The Kier molecular flexibility index (Phi) is 3.25. The van der Waals surface area contributed by atoms with Crippen molar-refractivity contribution < 1.29 is 0 Å². The molecule has 0 saturated carbocycles. The van der Waals surface area contributed by atoms with Gasteiger partial charge in [0.05, 0.1) is 12.2 Å². The van der Waals surface area contributed by atoms with E-state index >= 15 is 0 Å². The minimum absolute atomic E-state index is 0.264. The van der Waals surface area contributed by atoms with Crippen molar-refractivity contribution in [1.29, 1.82) is 0 Å². The van der Waals surface area contributed by atoms with Crippen molar-refractivity contribution in [2.45, 2.75) is 25.3 Å². The van der Waals surface area contributed by atoms with Crippen molar-refractivity contribution in [2.24, 2.45) is 0 Å². The zero-order chi connectivity index (χ0) is 9.97. The second-order valence-electron chi connectivity index (χ2n) is 3.47. The zero-order valence-electron chi connectivity index (χ0n) is 8.14. The molecule has 0 bridgehead atoms. The van der Waals surface area contributed by atoms with Gasteiger partial charge < -0.3 is 5.32 Å². The summed E-state index contributed by atoms with van der Waals surface area (Å²) in [6.45, 7) is 1.09. The van der Waals surface area contributed by atoms with Gasteiger partial charge in [0.15, 0.2) is 0 Å². The van der Waals surface area contributed by atoms with Gasteiger partial charge in [-0.05, 0) is 40.2 Å². The Balaban J connectivity index is 2.11. The zero-order valence-corrected chi connectivity index (χ0v) is 9.77. The van der Waals surface area contributed by atoms with Crippen molar-refractivity contribution in [3.63, 3.8) is 0 Å². The van der Waals surface area contributed by atoms with Crippen LogP contribution in [0.25, 0.3) is 0 Å². The number of aromatic nitrogens is 3. The quantitative estimate of drug-likeness (QED) is 0.806. The lowest BCUT2D eigenvalue weighted by atomic mass is 10.0. The number of hydrogen-bond donors (Lipinski definition) is 1. The molecule has 0 aromatic carbocycles. The maximum absolute atomic E-state index is 5.13. The average molecular weight is 230 g/mol. The van der Waals surface area contributed by atoms with Crippen LogP contribution in [0, 0.1) is 0 Å². The minimum Gasteiger partial charge on any atom is -0.309 e. The van der Waals surface area contributed by atoms with Crippen molar-refractivity contribution in [2.75, 3.05) is 12.8 Å². The molecule has 0 radical (unpaired) electrons. The summed E-state index contributed by atoms with van der Waals surface area (Å²) in [5.74, 6) is 0. The van der Waals surface area contributed by atoms with Crippen molar-refractivity contribution in [3.8, 4) is 0 Å². The van der Waals surface area contributed by atoms with E-state index in [-0.39, 0.29) is 9.64 Å². The molecule has 1 saturated heterocycles. The summed E-state index contributed by atoms with van der Waals surface area (Å²) in [5.41, 5.74) is 1.04. The smallest absolute Gasteiger partial charge is 0.101 e. The van der Waals surface area contributed by atoms with Crippen LogP contribution in [-0.2, 0) is 20.8 Å². The molecule has 2 heterocycles. The van der Waals surface area contributed by atoms with Crippen LogP contribution < -0.4 is 5.32 Å². The fourth-order valence-electron chi connectivity index (χ4n) is 1.65. The topological polar surface area (TPSA) is 42.7 Å². The van der Waals surface area contributed by atoms with E-state index in [4.69, 9.17) is 11.2 Å². The Bertz CT molecular complexity index is 330. The molecule has 0 amide bonds. The SMILES string of the molecule is CS(=S)n1cc([C@@H]2CCCCN2)nn1. The lowest BCUT2D eigenvalue weighted by Crippen LogP contribution is -2.27. The van der Waals surface area contributed by atoms with Gasteiger partial charge in [0.1, 0.15) is 5.69 Å². The lowest BCUT2D eigenvalue weighted by molar-refractivity contribution is 0.405. The van der Waals surface area contributed by atoms with E-state index in [1.165, 1.54) is 12.8 Å². The normalized spacial score (nSPS) is 24.8. The van der Waals surface area contributed by atoms with Gasteiger partial charge in [-0.3, -0.25) is 0 Å². The van der Waals surface area contributed by atoms with Crippen LogP contribution in [0.2, 0.25) is 0 Å². The number of rotatable bonds is 2. The lowest BCUT2D eigenvalue weighted by Gasteiger charge is -2.20. The monoisotopic (exact) mass is 230 g/mol. The summed E-state index contributed by atoms with van der Waals surface area (Å²) >= 11 is 5.13. The van der Waals surface area contributed by atoms with Gasteiger partial charge in [-0.25, -0.2) is 0 Å². The van der Waals surface area contributed by atoms with E-state index in [1.807, 2.05) is 12.5 Å². The molecule has 0 spiro atoms. The number of hydrogen-bond acceptors (Lipinski definition) is 4. The van der Waals surface area contributed by atoms with Gasteiger partial charge in [0.2, 0.25) is 0 Å². The van der Waals surface area contributed by atoms with Gasteiger partial charge in [-0.15, -0.1) is 5.10 Å². The van der Waals surface area contributed by atoms with Crippen molar-refractivity contribution in [1.82, 2.24) is 19.7 Å². The summed E-state index contributed by atoms with van der Waals surface area (Å²) in [5, 5.41) is 11.6. The first-order valence-corrected chi connectivity index (χ1v) is 7.28. The van der Waals surface area contributed by atoms with E-state index in [1.54, 1.807) is 4.09 Å². The van der Waals surface area contributed by atoms with Gasteiger partial charge in [-0.1, -0.05) is 11.6 Å². The molecule has 14 heavy (non-hydrogen) atoms. The Labute approximate surface area is 90.8 Å². The molecule has 2 atom stereocenters. The van der Waals surface area contributed by atoms with Crippen LogP contribution >= 0.6 is 0 Å². The summed E-state index contributed by atoms with van der Waals surface area (Å²) in [7, 11) is -0.264. The van der Waals surface area contributed by atoms with E-state index in [9.17, 15) is 0 Å². The Hall–Kier alpha value is -0.330. The Morgan fingerprint density at radius 2 is 2.50 bits per heavy atom. The van der Waals surface area contributed by atoms with Gasteiger partial charge >= 0.3 is 0 Å². The highest BCUT2D eigenvalue weighted by atomic mass is 32.8. The van der Waals surface area contributed by atoms with Crippen molar-refractivity contribution >= 4 is 20.8 Å². The number of nitrogens with one attached hydrogen (secondary N) is 1. The van der Waals surface area contributed by atoms with E-state index in [2.05, 4.69) is 15.6 Å². The number of nitrogens with zero attached hydrogens (tertiary/aromatic N) is 3. The highest BCUT2D eigenvalue weighted by molar-refractivity contribution is 8.27. The Morgan fingerprint density at radius 1 is 1.64 bits per heavy atom. The van der Waals surface area contributed by atoms with E-state index < -0.39 is 0 Å². The summed E-state index contributed by atoms with van der Waals surface area (Å²) in [6, 6.07) is 0.385. The third kappa shape index (κ3) is 2.18. The van der Waals surface area contributed by atoms with E-state index in [0.29, 0.717) is 6.04 Å². The first-order chi connectivity index (χ1) is 6.77. The average Bonchev–Trinajstić information content (AvgIpc) is 2.68. The highest BCUT2D eigenvalue weighted by Gasteiger charge is 2.17. The molecule has 1 N–H and O–H groups in total. The van der Waals surface area contributed by atoms with Gasteiger partial charge in [-0.2, -0.15) is 4.09 Å². The molecule has 1 fully saturated rings. The molecule has 2 rings (SSSR count). The predicted molar refractivity (Wildman–Crippen MR) is 60.7 cm³/mol. The molecule has 1 aliphatic heterocycles. The fourth-order valence-corrected chi connectivity index (χ4v) is 2.26. The number of piperidine rings is 1. The van der Waals surface area contributed by atoms with Gasteiger partial charge in [0, 0.05) is 6.26 Å². The molecule has 6 heteroatoms. The van der Waals surface area contributed by atoms with Crippen LogP contribution in [0.15, 0.2) is 6.20 Å². The first-order valence-electron chi connectivity index (χ1n) is 4.77. The third-order valence-electron chi connectivity index (χ3n) is 2.42. The maximum atomic E-state index is 5.13. The molecule has 0 aliphatic carbocycles. The maximum Gasteiger partial charge on any atom is 0.101 e. The summed E-state index contributed by atoms with van der Waals surface area (Å²) < 4.78 is 1.76. The van der Waals surface area contributed by atoms with Crippen molar-refractivity contribution in [3.05, 3.63) is 11.9 Å². The molecule has 1 aromatic heterocycles. The molecule has 78 valence electrons. The summed E-state index contributed by atoms with van der Waals surface area (Å²) in [6.07, 6.45) is 7.63. The highest BCUT2D eigenvalue weighted by Crippen LogP contribution is 2.20. The van der Waals surface area contributed by atoms with Crippen LogP contribution in [0.3, 0.4) is 0 Å². The summed E-state index contributed by atoms with van der Waals surface area (Å²) in [4.78, 5) is 0. The first kappa shape index (κ1) is 10.2. The molecule has 1 aliphatic rings. The Morgan fingerprint density at radius 3 is 3.07 bits per heavy atom. The fraction of sp³-hybridized carbons (Fsp3) is 0.750. The molecule has 1 aromatic rings. The van der Waals surface area contributed by atoms with Crippen LogP contribution in [0.4, 0.5) is 0 Å². The molecular formula is C8H14N4S2.